The lowest BCUT2D eigenvalue weighted by atomic mass is 9.96. The molecule has 0 radical (unpaired) electrons. The Morgan fingerprint density at radius 2 is 1.85 bits per heavy atom. The third kappa shape index (κ3) is 7.72. The van der Waals surface area contributed by atoms with E-state index in [0.717, 1.165) is 6.42 Å². The van der Waals surface area contributed by atoms with Gasteiger partial charge in [0.1, 0.15) is 6.10 Å². The van der Waals surface area contributed by atoms with Gasteiger partial charge in [0.15, 0.2) is 17.5 Å². The Bertz CT molecular complexity index is 599. The van der Waals surface area contributed by atoms with Gasteiger partial charge < -0.3 is 20.7 Å². The van der Waals surface area contributed by atoms with E-state index in [0.29, 0.717) is 25.6 Å². The number of carbonyl (C=O) groups excluding carboxylic acids is 1. The lowest BCUT2D eigenvalue weighted by molar-refractivity contribution is -0.128. The van der Waals surface area contributed by atoms with Gasteiger partial charge in [0.25, 0.3) is 0 Å². The number of ether oxygens (including phenoxy) is 1. The van der Waals surface area contributed by atoms with Crippen molar-refractivity contribution in [3.05, 3.63) is 30.1 Å². The van der Waals surface area contributed by atoms with Crippen LogP contribution in [0.2, 0.25) is 0 Å². The summed E-state index contributed by atoms with van der Waals surface area (Å²) >= 11 is 0. The molecule has 1 atom stereocenters. The summed E-state index contributed by atoms with van der Waals surface area (Å²) in [6.45, 7) is 9.13. The van der Waals surface area contributed by atoms with Crippen molar-refractivity contribution in [1.82, 2.24) is 16.0 Å². The zero-order valence-electron chi connectivity index (χ0n) is 16.4. The fraction of sp³-hybridized carbons (Fsp3) is 0.579. The molecule has 1 aromatic carbocycles. The SMILES string of the molecule is CCC(CNC(=NC)NCCNC(=O)C(C)(C)C)Oc1ccccc1F. The van der Waals surface area contributed by atoms with Crippen LogP contribution >= 0.6 is 0 Å². The molecule has 0 aliphatic rings. The highest BCUT2D eigenvalue weighted by Gasteiger charge is 2.20. The second-order valence-electron chi connectivity index (χ2n) is 6.96. The van der Waals surface area contributed by atoms with E-state index in [1.807, 2.05) is 27.7 Å². The maximum Gasteiger partial charge on any atom is 0.225 e. The van der Waals surface area contributed by atoms with Crippen molar-refractivity contribution < 1.29 is 13.9 Å². The summed E-state index contributed by atoms with van der Waals surface area (Å²) in [5.74, 6) is 0.481. The van der Waals surface area contributed by atoms with Gasteiger partial charge in [-0.15, -0.1) is 0 Å². The van der Waals surface area contributed by atoms with Gasteiger partial charge >= 0.3 is 0 Å². The topological polar surface area (TPSA) is 74.8 Å². The van der Waals surface area contributed by atoms with Crippen LogP contribution in [0.4, 0.5) is 4.39 Å². The van der Waals surface area contributed by atoms with Crippen molar-refractivity contribution in [2.24, 2.45) is 10.4 Å². The fourth-order valence-corrected chi connectivity index (χ4v) is 2.04. The van der Waals surface area contributed by atoms with Crippen LogP contribution in [0.25, 0.3) is 0 Å². The highest BCUT2D eigenvalue weighted by atomic mass is 19.1. The highest BCUT2D eigenvalue weighted by Crippen LogP contribution is 2.17. The fourth-order valence-electron chi connectivity index (χ4n) is 2.04. The number of nitrogens with one attached hydrogen (secondary N) is 3. The van der Waals surface area contributed by atoms with Crippen molar-refractivity contribution >= 4 is 11.9 Å². The molecule has 0 saturated carbocycles. The van der Waals surface area contributed by atoms with Crippen LogP contribution in [0.1, 0.15) is 34.1 Å². The number of benzene rings is 1. The third-order valence-corrected chi connectivity index (χ3v) is 3.69. The zero-order valence-corrected chi connectivity index (χ0v) is 16.4. The van der Waals surface area contributed by atoms with E-state index < -0.39 is 5.41 Å². The molecule has 6 nitrogen and oxygen atoms in total. The molecule has 1 unspecified atom stereocenters. The van der Waals surface area contributed by atoms with Gasteiger partial charge in [0.2, 0.25) is 5.91 Å². The molecular weight excluding hydrogens is 335 g/mol. The van der Waals surface area contributed by atoms with E-state index in [2.05, 4.69) is 20.9 Å². The van der Waals surface area contributed by atoms with Crippen molar-refractivity contribution in [3.8, 4) is 5.75 Å². The number of halogens is 1. The zero-order chi connectivity index (χ0) is 19.6. The minimum absolute atomic E-state index is 0.00609. The average molecular weight is 366 g/mol. The first-order valence-corrected chi connectivity index (χ1v) is 8.92. The van der Waals surface area contributed by atoms with Crippen molar-refractivity contribution in [1.29, 1.82) is 0 Å². The Morgan fingerprint density at radius 3 is 2.42 bits per heavy atom. The van der Waals surface area contributed by atoms with Gasteiger partial charge in [0.05, 0.1) is 6.54 Å². The second-order valence-corrected chi connectivity index (χ2v) is 6.96. The monoisotopic (exact) mass is 366 g/mol. The van der Waals surface area contributed by atoms with Crippen LogP contribution in [-0.4, -0.2) is 44.7 Å². The molecule has 0 aliphatic carbocycles. The molecule has 0 spiro atoms. The molecule has 1 aromatic rings. The van der Waals surface area contributed by atoms with Gasteiger partial charge in [-0.25, -0.2) is 4.39 Å². The number of para-hydroxylation sites is 1. The van der Waals surface area contributed by atoms with E-state index >= 15 is 0 Å². The largest absolute Gasteiger partial charge is 0.486 e. The Kier molecular flexibility index (Phi) is 8.88. The number of nitrogens with zero attached hydrogens (tertiary/aromatic N) is 1. The predicted octanol–water partition coefficient (Wildman–Crippen LogP) is 2.31. The second kappa shape index (κ2) is 10.6. The Hall–Kier alpha value is -2.31. The average Bonchev–Trinajstić information content (AvgIpc) is 2.60. The van der Waals surface area contributed by atoms with Crippen LogP contribution in [0.15, 0.2) is 29.3 Å². The predicted molar refractivity (Wildman–Crippen MR) is 103 cm³/mol. The summed E-state index contributed by atoms with van der Waals surface area (Å²) < 4.78 is 19.4. The molecule has 146 valence electrons. The summed E-state index contributed by atoms with van der Waals surface area (Å²) in [6, 6.07) is 6.36. The molecule has 0 bridgehead atoms. The molecular formula is C19H31FN4O2. The number of rotatable bonds is 8. The number of aliphatic imine (C=N–C) groups is 1. The number of hydrogen-bond donors (Lipinski definition) is 3. The van der Waals surface area contributed by atoms with Crippen LogP contribution in [-0.2, 0) is 4.79 Å². The molecule has 26 heavy (non-hydrogen) atoms. The van der Waals surface area contributed by atoms with Gasteiger partial charge in [-0.05, 0) is 18.6 Å². The minimum Gasteiger partial charge on any atom is -0.486 e. The minimum atomic E-state index is -0.404. The van der Waals surface area contributed by atoms with E-state index in [1.165, 1.54) is 6.07 Å². The quantitative estimate of drug-likeness (QED) is 0.375. The van der Waals surface area contributed by atoms with Crippen LogP contribution in [0, 0.1) is 11.2 Å². The summed E-state index contributed by atoms with van der Waals surface area (Å²) in [7, 11) is 1.67. The first kappa shape index (κ1) is 21.7. The van der Waals surface area contributed by atoms with E-state index in [9.17, 15) is 9.18 Å². The molecule has 7 heteroatoms. The molecule has 0 saturated heterocycles. The van der Waals surface area contributed by atoms with Crippen molar-refractivity contribution in [2.75, 3.05) is 26.7 Å². The van der Waals surface area contributed by atoms with Gasteiger partial charge in [-0.1, -0.05) is 39.8 Å². The first-order valence-electron chi connectivity index (χ1n) is 8.92. The number of amides is 1. The van der Waals surface area contributed by atoms with Crippen LogP contribution < -0.4 is 20.7 Å². The van der Waals surface area contributed by atoms with Crippen LogP contribution in [0.3, 0.4) is 0 Å². The lowest BCUT2D eigenvalue weighted by Gasteiger charge is -2.21. The van der Waals surface area contributed by atoms with E-state index in [1.54, 1.807) is 25.2 Å². The molecule has 0 aromatic heterocycles. The number of carbonyl (C=O) groups is 1. The molecule has 0 fully saturated rings. The Morgan fingerprint density at radius 1 is 1.19 bits per heavy atom. The lowest BCUT2D eigenvalue weighted by Crippen LogP contribution is -2.45. The summed E-state index contributed by atoms with van der Waals surface area (Å²) in [6.07, 6.45) is 0.533. The smallest absolute Gasteiger partial charge is 0.225 e. The van der Waals surface area contributed by atoms with Gasteiger partial charge in [-0.3, -0.25) is 9.79 Å². The molecule has 0 aliphatic heterocycles. The van der Waals surface area contributed by atoms with Gasteiger partial charge in [-0.2, -0.15) is 0 Å². The van der Waals surface area contributed by atoms with E-state index in [-0.39, 0.29) is 23.6 Å². The van der Waals surface area contributed by atoms with E-state index in [4.69, 9.17) is 4.74 Å². The summed E-state index contributed by atoms with van der Waals surface area (Å²) in [5, 5.41) is 9.15. The third-order valence-electron chi connectivity index (χ3n) is 3.69. The maximum atomic E-state index is 13.7. The molecule has 1 amide bonds. The Labute approximate surface area is 155 Å². The Balaban J connectivity index is 2.38. The normalized spacial score (nSPS) is 13.1. The molecule has 0 heterocycles. The number of guanidine groups is 1. The summed E-state index contributed by atoms with van der Waals surface area (Å²) in [4.78, 5) is 15.9. The molecule has 1 rings (SSSR count). The maximum absolute atomic E-state index is 13.7. The summed E-state index contributed by atoms with van der Waals surface area (Å²) in [5.41, 5.74) is -0.404. The standard InChI is InChI=1S/C19H31FN4O2/c1-6-14(26-16-10-8-7-9-15(16)20)13-24-18(21-5)23-12-11-22-17(25)19(2,3)4/h7-10,14H,6,11-13H2,1-5H3,(H,22,25)(H2,21,23,24). The van der Waals surface area contributed by atoms with Crippen molar-refractivity contribution in [2.45, 2.75) is 40.2 Å². The highest BCUT2D eigenvalue weighted by molar-refractivity contribution is 5.81. The van der Waals surface area contributed by atoms with Crippen molar-refractivity contribution in [3.63, 3.8) is 0 Å². The first-order chi connectivity index (χ1) is 12.3. The van der Waals surface area contributed by atoms with Gasteiger partial charge in [0, 0.05) is 25.6 Å². The molecule has 3 N–H and O–H groups in total. The number of hydrogen-bond acceptors (Lipinski definition) is 3. The van der Waals surface area contributed by atoms with Crippen LogP contribution in [0.5, 0.6) is 5.75 Å².